The summed E-state index contributed by atoms with van der Waals surface area (Å²) in [5.74, 6) is 0.983. The van der Waals surface area contributed by atoms with Crippen molar-refractivity contribution in [3.63, 3.8) is 0 Å². The molecule has 0 bridgehead atoms. The van der Waals surface area contributed by atoms with Crippen LogP contribution in [-0.4, -0.2) is 52.0 Å². The van der Waals surface area contributed by atoms with Crippen LogP contribution in [-0.2, 0) is 17.5 Å². The number of alkyl halides is 3. The van der Waals surface area contributed by atoms with E-state index in [-0.39, 0.29) is 18.2 Å². The van der Waals surface area contributed by atoms with Crippen molar-refractivity contribution in [1.82, 2.24) is 19.9 Å². The van der Waals surface area contributed by atoms with E-state index in [2.05, 4.69) is 15.0 Å². The average Bonchev–Trinajstić information content (AvgIpc) is 3.46. The van der Waals surface area contributed by atoms with Crippen LogP contribution in [0.15, 0.2) is 46.3 Å². The van der Waals surface area contributed by atoms with Gasteiger partial charge < -0.3 is 9.42 Å². The SMILES string of the molecule is CC(CC(=O)N1CCN(Cc2nc(-c3cccs3)no2)CC1)c1ccc(C(F)(F)F)cc1. The molecule has 0 saturated carbocycles. The van der Waals surface area contributed by atoms with Crippen LogP contribution in [0.1, 0.15) is 36.3 Å². The maximum Gasteiger partial charge on any atom is 0.416 e. The minimum Gasteiger partial charge on any atom is -0.340 e. The summed E-state index contributed by atoms with van der Waals surface area (Å²) in [6.45, 7) is 4.95. The van der Waals surface area contributed by atoms with Gasteiger partial charge in [-0.15, -0.1) is 11.3 Å². The van der Waals surface area contributed by atoms with Crippen LogP contribution in [0.4, 0.5) is 13.2 Å². The zero-order chi connectivity index (χ0) is 22.7. The molecule has 0 aliphatic carbocycles. The monoisotopic (exact) mass is 464 g/mol. The van der Waals surface area contributed by atoms with Gasteiger partial charge in [-0.3, -0.25) is 9.69 Å². The predicted molar refractivity (Wildman–Crippen MR) is 114 cm³/mol. The number of aromatic nitrogens is 2. The van der Waals surface area contributed by atoms with Gasteiger partial charge in [-0.1, -0.05) is 30.3 Å². The highest BCUT2D eigenvalue weighted by atomic mass is 32.1. The Morgan fingerprint density at radius 1 is 1.16 bits per heavy atom. The van der Waals surface area contributed by atoms with Crippen molar-refractivity contribution in [3.05, 3.63) is 58.8 Å². The first-order chi connectivity index (χ1) is 15.3. The number of piperazine rings is 1. The van der Waals surface area contributed by atoms with Gasteiger partial charge in [0.25, 0.3) is 0 Å². The van der Waals surface area contributed by atoms with E-state index >= 15 is 0 Å². The molecule has 10 heteroatoms. The third-order valence-electron chi connectivity index (χ3n) is 5.58. The van der Waals surface area contributed by atoms with E-state index in [0.717, 1.165) is 22.6 Å². The molecule has 170 valence electrons. The smallest absolute Gasteiger partial charge is 0.340 e. The predicted octanol–water partition coefficient (Wildman–Crippen LogP) is 4.65. The maximum absolute atomic E-state index is 12.7. The van der Waals surface area contributed by atoms with Crippen molar-refractivity contribution in [1.29, 1.82) is 0 Å². The Morgan fingerprint density at radius 2 is 1.88 bits per heavy atom. The molecule has 1 saturated heterocycles. The number of nitrogens with zero attached hydrogens (tertiary/aromatic N) is 4. The Labute approximate surface area is 187 Å². The number of carbonyl (C=O) groups is 1. The van der Waals surface area contributed by atoms with E-state index in [9.17, 15) is 18.0 Å². The van der Waals surface area contributed by atoms with Gasteiger partial charge in [0.05, 0.1) is 17.0 Å². The number of carbonyl (C=O) groups excluding carboxylic acids is 1. The molecule has 1 aliphatic heterocycles. The van der Waals surface area contributed by atoms with Crippen LogP contribution < -0.4 is 0 Å². The van der Waals surface area contributed by atoms with Gasteiger partial charge in [0.15, 0.2) is 0 Å². The normalized spacial score (nSPS) is 16.3. The van der Waals surface area contributed by atoms with Crippen molar-refractivity contribution >= 4 is 17.2 Å². The van der Waals surface area contributed by atoms with Gasteiger partial charge in [0.1, 0.15) is 0 Å². The van der Waals surface area contributed by atoms with Crippen LogP contribution >= 0.6 is 11.3 Å². The molecule has 1 aromatic carbocycles. The second kappa shape index (κ2) is 9.41. The fourth-order valence-corrected chi connectivity index (χ4v) is 4.33. The average molecular weight is 465 g/mol. The van der Waals surface area contributed by atoms with Crippen molar-refractivity contribution in [3.8, 4) is 10.7 Å². The van der Waals surface area contributed by atoms with E-state index in [0.29, 0.717) is 44.4 Å². The Kier molecular flexibility index (Phi) is 6.61. The Bertz CT molecular complexity index is 1030. The van der Waals surface area contributed by atoms with Gasteiger partial charge in [-0.25, -0.2) is 0 Å². The highest BCUT2D eigenvalue weighted by Gasteiger charge is 2.30. The first-order valence-electron chi connectivity index (χ1n) is 10.3. The number of amides is 1. The molecule has 0 N–H and O–H groups in total. The minimum absolute atomic E-state index is 0.00909. The van der Waals surface area contributed by atoms with Gasteiger partial charge >= 0.3 is 6.18 Å². The zero-order valence-corrected chi connectivity index (χ0v) is 18.3. The van der Waals surface area contributed by atoms with E-state index in [4.69, 9.17) is 4.52 Å². The van der Waals surface area contributed by atoms with Crippen LogP contribution in [0.25, 0.3) is 10.7 Å². The van der Waals surface area contributed by atoms with Crippen LogP contribution in [0, 0.1) is 0 Å². The maximum atomic E-state index is 12.7. The van der Waals surface area contributed by atoms with E-state index in [1.54, 1.807) is 11.3 Å². The summed E-state index contributed by atoms with van der Waals surface area (Å²) in [7, 11) is 0. The molecular formula is C22H23F3N4O2S. The molecule has 1 fully saturated rings. The molecule has 3 heterocycles. The summed E-state index contributed by atoms with van der Waals surface area (Å²) < 4.78 is 43.5. The first-order valence-corrected chi connectivity index (χ1v) is 11.2. The topological polar surface area (TPSA) is 62.5 Å². The van der Waals surface area contributed by atoms with Gasteiger partial charge in [0.2, 0.25) is 17.6 Å². The quantitative estimate of drug-likeness (QED) is 0.531. The molecule has 4 rings (SSSR count). The molecular weight excluding hydrogens is 441 g/mol. The van der Waals surface area contributed by atoms with E-state index in [1.165, 1.54) is 12.1 Å². The highest BCUT2D eigenvalue weighted by molar-refractivity contribution is 7.13. The third kappa shape index (κ3) is 5.36. The summed E-state index contributed by atoms with van der Waals surface area (Å²) in [5, 5.41) is 5.98. The molecule has 0 radical (unpaired) electrons. The largest absolute Gasteiger partial charge is 0.416 e. The van der Waals surface area contributed by atoms with Crippen molar-refractivity contribution < 1.29 is 22.5 Å². The second-order valence-corrected chi connectivity index (χ2v) is 8.82. The van der Waals surface area contributed by atoms with Gasteiger partial charge in [0, 0.05) is 32.6 Å². The summed E-state index contributed by atoms with van der Waals surface area (Å²) in [6, 6.07) is 8.91. The second-order valence-electron chi connectivity index (χ2n) is 7.87. The lowest BCUT2D eigenvalue weighted by Gasteiger charge is -2.34. The first kappa shape index (κ1) is 22.5. The zero-order valence-electron chi connectivity index (χ0n) is 17.5. The standard InChI is InChI=1S/C22H23F3N4O2S/c1-15(16-4-6-17(7-5-16)22(23,24)25)13-20(30)29-10-8-28(9-11-29)14-19-26-21(27-31-19)18-3-2-12-32-18/h2-7,12,15H,8-11,13-14H2,1H3. The molecule has 2 aromatic heterocycles. The lowest BCUT2D eigenvalue weighted by molar-refractivity contribution is -0.137. The fourth-order valence-electron chi connectivity index (χ4n) is 3.68. The van der Waals surface area contributed by atoms with Gasteiger partial charge in [-0.2, -0.15) is 18.2 Å². The number of hydrogen-bond acceptors (Lipinski definition) is 6. The summed E-state index contributed by atoms with van der Waals surface area (Å²) in [6.07, 6.45) is -4.09. The number of rotatable bonds is 6. The van der Waals surface area contributed by atoms with E-state index in [1.807, 2.05) is 29.3 Å². The van der Waals surface area contributed by atoms with E-state index < -0.39 is 11.7 Å². The molecule has 0 spiro atoms. The van der Waals surface area contributed by atoms with Crippen LogP contribution in [0.2, 0.25) is 0 Å². The van der Waals surface area contributed by atoms with Crippen molar-refractivity contribution in [2.45, 2.75) is 32.0 Å². The van der Waals surface area contributed by atoms with Crippen LogP contribution in [0.3, 0.4) is 0 Å². The summed E-state index contributed by atoms with van der Waals surface area (Å²) in [4.78, 5) is 22.1. The number of thiophene rings is 1. The molecule has 1 unspecified atom stereocenters. The molecule has 32 heavy (non-hydrogen) atoms. The number of hydrogen-bond donors (Lipinski definition) is 0. The summed E-state index contributed by atoms with van der Waals surface area (Å²) >= 11 is 1.55. The lowest BCUT2D eigenvalue weighted by atomic mass is 9.96. The lowest BCUT2D eigenvalue weighted by Crippen LogP contribution is -2.48. The molecule has 1 amide bonds. The Balaban J connectivity index is 1.25. The van der Waals surface area contributed by atoms with Gasteiger partial charge in [-0.05, 0) is 35.1 Å². The Hall–Kier alpha value is -2.72. The number of halogens is 3. The highest BCUT2D eigenvalue weighted by Crippen LogP contribution is 2.31. The summed E-state index contributed by atoms with van der Waals surface area (Å²) in [5.41, 5.74) is 0.0441. The molecule has 6 nitrogen and oxygen atoms in total. The molecule has 3 aromatic rings. The number of benzene rings is 1. The van der Waals surface area contributed by atoms with Crippen LogP contribution in [0.5, 0.6) is 0 Å². The minimum atomic E-state index is -4.36. The van der Waals surface area contributed by atoms with Crippen molar-refractivity contribution in [2.24, 2.45) is 0 Å². The third-order valence-corrected chi connectivity index (χ3v) is 6.45. The molecule has 1 atom stereocenters. The van der Waals surface area contributed by atoms with Crippen molar-refractivity contribution in [2.75, 3.05) is 26.2 Å². The fraction of sp³-hybridized carbons (Fsp3) is 0.409. The molecule has 1 aliphatic rings. The Morgan fingerprint density at radius 3 is 2.50 bits per heavy atom.